The van der Waals surface area contributed by atoms with Crippen molar-refractivity contribution in [1.82, 2.24) is 9.55 Å². The molecule has 0 aliphatic rings. The summed E-state index contributed by atoms with van der Waals surface area (Å²) in [5.74, 6) is 0. The normalized spacial score (nSPS) is 11.4. The van der Waals surface area contributed by atoms with Gasteiger partial charge >= 0.3 is 0 Å². The number of benzene rings is 3. The lowest BCUT2D eigenvalue weighted by Crippen LogP contribution is -2.01. The van der Waals surface area contributed by atoms with Gasteiger partial charge in [-0.15, -0.1) is 0 Å². The molecule has 0 fully saturated rings. The van der Waals surface area contributed by atoms with E-state index in [0.29, 0.717) is 6.61 Å². The molecule has 0 aliphatic heterocycles. The van der Waals surface area contributed by atoms with Gasteiger partial charge in [0.05, 0.1) is 12.3 Å². The van der Waals surface area contributed by atoms with Crippen molar-refractivity contribution in [3.63, 3.8) is 0 Å². The second kappa shape index (κ2) is 9.15. The minimum Gasteiger partial charge on any atom is -0.377 e. The number of ether oxygens (including phenoxy) is 1. The number of pyridine rings is 1. The quantitative estimate of drug-likeness (QED) is 0.263. The van der Waals surface area contributed by atoms with Crippen molar-refractivity contribution >= 4 is 21.8 Å². The summed E-state index contributed by atoms with van der Waals surface area (Å²) >= 11 is 0. The van der Waals surface area contributed by atoms with Crippen LogP contribution in [0.3, 0.4) is 0 Å². The van der Waals surface area contributed by atoms with Crippen molar-refractivity contribution in [2.75, 3.05) is 6.61 Å². The number of nitrogens with zero attached hydrogens (tertiary/aromatic N) is 2. The van der Waals surface area contributed by atoms with Crippen LogP contribution in [0.4, 0.5) is 0 Å². The maximum atomic E-state index is 5.91. The Bertz CT molecular complexity index is 1220. The summed E-state index contributed by atoms with van der Waals surface area (Å²) in [6.45, 7) is 2.37. The van der Waals surface area contributed by atoms with Gasteiger partial charge in [-0.2, -0.15) is 0 Å². The summed E-state index contributed by atoms with van der Waals surface area (Å²) in [5, 5.41) is 2.67. The number of unbranched alkanes of at least 4 members (excludes halogenated alkanes) is 1. The minimum atomic E-state index is 0.609. The first-order valence-electron chi connectivity index (χ1n) is 10.9. The van der Waals surface area contributed by atoms with Crippen LogP contribution in [0.5, 0.6) is 0 Å². The van der Waals surface area contributed by atoms with Crippen LogP contribution in [0, 0.1) is 0 Å². The predicted octanol–water partition coefficient (Wildman–Crippen LogP) is 6.85. The molecule has 0 bridgehead atoms. The van der Waals surface area contributed by atoms with E-state index in [9.17, 15) is 0 Å². The molecule has 3 aromatic carbocycles. The van der Waals surface area contributed by atoms with Crippen molar-refractivity contribution in [1.29, 1.82) is 0 Å². The van der Waals surface area contributed by atoms with Gasteiger partial charge in [-0.1, -0.05) is 72.8 Å². The molecule has 31 heavy (non-hydrogen) atoms. The Balaban J connectivity index is 1.13. The molecule has 0 N–H and O–H groups in total. The highest BCUT2D eigenvalue weighted by Crippen LogP contribution is 2.29. The molecule has 0 aliphatic carbocycles. The van der Waals surface area contributed by atoms with E-state index in [1.54, 1.807) is 0 Å². The number of aromatic nitrogens is 2. The van der Waals surface area contributed by atoms with Gasteiger partial charge in [0.15, 0.2) is 0 Å². The monoisotopic (exact) mass is 406 g/mol. The van der Waals surface area contributed by atoms with Gasteiger partial charge in [0.25, 0.3) is 0 Å². The highest BCUT2D eigenvalue weighted by Gasteiger charge is 2.09. The van der Waals surface area contributed by atoms with Gasteiger partial charge < -0.3 is 9.30 Å². The van der Waals surface area contributed by atoms with E-state index in [4.69, 9.17) is 4.74 Å². The summed E-state index contributed by atoms with van der Waals surface area (Å²) in [7, 11) is 0. The van der Waals surface area contributed by atoms with E-state index in [1.165, 1.54) is 21.8 Å². The zero-order chi connectivity index (χ0) is 20.9. The Labute approximate surface area is 182 Å². The lowest BCUT2D eigenvalue weighted by atomic mass is 10.1. The molecule has 3 heteroatoms. The zero-order valence-corrected chi connectivity index (χ0v) is 17.6. The molecule has 0 saturated carbocycles. The Morgan fingerprint density at radius 1 is 0.677 bits per heavy atom. The smallest absolute Gasteiger partial charge is 0.0731 e. The molecule has 2 heterocycles. The van der Waals surface area contributed by atoms with Gasteiger partial charge in [-0.3, -0.25) is 4.98 Å². The summed E-state index contributed by atoms with van der Waals surface area (Å²) in [5.41, 5.74) is 5.88. The average molecular weight is 407 g/mol. The maximum Gasteiger partial charge on any atom is 0.0731 e. The molecule has 5 aromatic rings. The molecular weight excluding hydrogens is 380 g/mol. The molecule has 5 rings (SSSR count). The van der Waals surface area contributed by atoms with E-state index < -0.39 is 0 Å². The first-order chi connectivity index (χ1) is 15.4. The van der Waals surface area contributed by atoms with Gasteiger partial charge in [-0.25, -0.2) is 0 Å². The fraction of sp³-hybridized carbons (Fsp3) is 0.179. The van der Waals surface area contributed by atoms with Gasteiger partial charge in [-0.05, 0) is 36.6 Å². The molecule has 0 radical (unpaired) electrons. The third-order valence-electron chi connectivity index (χ3n) is 5.76. The summed E-state index contributed by atoms with van der Waals surface area (Å²) in [6, 6.07) is 31.8. The Morgan fingerprint density at radius 3 is 2.03 bits per heavy atom. The van der Waals surface area contributed by atoms with Crippen LogP contribution in [0.15, 0.2) is 97.2 Å². The Morgan fingerprint density at radius 2 is 1.35 bits per heavy atom. The molecule has 0 amide bonds. The van der Waals surface area contributed by atoms with Crippen molar-refractivity contribution in [2.24, 2.45) is 0 Å². The highest BCUT2D eigenvalue weighted by molar-refractivity contribution is 6.07. The third kappa shape index (κ3) is 4.23. The molecule has 154 valence electrons. The van der Waals surface area contributed by atoms with Gasteiger partial charge in [0, 0.05) is 46.7 Å². The van der Waals surface area contributed by atoms with Crippen molar-refractivity contribution in [3.8, 4) is 11.3 Å². The minimum absolute atomic E-state index is 0.609. The fourth-order valence-corrected chi connectivity index (χ4v) is 4.20. The van der Waals surface area contributed by atoms with Crippen LogP contribution in [-0.2, 0) is 17.9 Å². The van der Waals surface area contributed by atoms with E-state index >= 15 is 0 Å². The second-order valence-corrected chi connectivity index (χ2v) is 7.86. The lowest BCUT2D eigenvalue weighted by Gasteiger charge is -2.08. The number of fused-ring (bicyclic) bond motifs is 3. The molecule has 0 saturated heterocycles. The number of para-hydroxylation sites is 2. The molecule has 0 atom stereocenters. The van der Waals surface area contributed by atoms with Crippen LogP contribution in [0.25, 0.3) is 33.1 Å². The maximum absolute atomic E-state index is 5.91. The van der Waals surface area contributed by atoms with Crippen molar-refractivity contribution in [3.05, 3.63) is 103 Å². The Kier molecular flexibility index (Phi) is 5.76. The number of aryl methyl sites for hydroxylation is 1. The fourth-order valence-electron chi connectivity index (χ4n) is 4.20. The van der Waals surface area contributed by atoms with E-state index in [1.807, 2.05) is 24.4 Å². The molecule has 0 unspecified atom stereocenters. The van der Waals surface area contributed by atoms with Crippen LogP contribution in [0.2, 0.25) is 0 Å². The van der Waals surface area contributed by atoms with Crippen LogP contribution in [0.1, 0.15) is 18.4 Å². The topological polar surface area (TPSA) is 27.1 Å². The van der Waals surface area contributed by atoms with Crippen LogP contribution >= 0.6 is 0 Å². The SMILES string of the molecule is c1ccc(-c2ccc(COCCCCn3c4ccccc4c4ccccc43)cn2)cc1. The first-order valence-corrected chi connectivity index (χ1v) is 10.9. The van der Waals surface area contributed by atoms with Crippen LogP contribution < -0.4 is 0 Å². The van der Waals surface area contributed by atoms with Crippen LogP contribution in [-0.4, -0.2) is 16.2 Å². The largest absolute Gasteiger partial charge is 0.377 e. The standard InChI is InChI=1S/C28H26N2O/c1-2-10-23(11-3-1)26-17-16-22(20-29-26)21-31-19-9-8-18-30-27-14-6-4-12-24(27)25-13-5-7-15-28(25)30/h1-7,10-17,20H,8-9,18-19,21H2. The zero-order valence-electron chi connectivity index (χ0n) is 17.6. The average Bonchev–Trinajstić information content (AvgIpc) is 3.16. The molecule has 0 spiro atoms. The predicted molar refractivity (Wildman–Crippen MR) is 128 cm³/mol. The Hall–Kier alpha value is -3.43. The molecule has 2 aromatic heterocycles. The van der Waals surface area contributed by atoms with Crippen molar-refractivity contribution < 1.29 is 4.74 Å². The number of hydrogen-bond donors (Lipinski definition) is 0. The first kappa shape index (κ1) is 19.5. The van der Waals surface area contributed by atoms with E-state index in [2.05, 4.69) is 82.3 Å². The summed E-state index contributed by atoms with van der Waals surface area (Å²) in [4.78, 5) is 4.57. The van der Waals surface area contributed by atoms with Gasteiger partial charge in [0.1, 0.15) is 0 Å². The van der Waals surface area contributed by atoms with Gasteiger partial charge in [0.2, 0.25) is 0 Å². The summed E-state index contributed by atoms with van der Waals surface area (Å²) in [6.07, 6.45) is 4.05. The molecular formula is C28H26N2O. The lowest BCUT2D eigenvalue weighted by molar-refractivity contribution is 0.116. The number of rotatable bonds is 8. The van der Waals surface area contributed by atoms with E-state index in [0.717, 1.165) is 42.8 Å². The molecule has 3 nitrogen and oxygen atoms in total. The third-order valence-corrected chi connectivity index (χ3v) is 5.76. The number of hydrogen-bond acceptors (Lipinski definition) is 2. The summed E-state index contributed by atoms with van der Waals surface area (Å²) < 4.78 is 8.35. The highest BCUT2D eigenvalue weighted by atomic mass is 16.5. The van der Waals surface area contributed by atoms with E-state index in [-0.39, 0.29) is 0 Å². The van der Waals surface area contributed by atoms with Crippen molar-refractivity contribution in [2.45, 2.75) is 26.0 Å². The second-order valence-electron chi connectivity index (χ2n) is 7.86.